The number of alkyl halides is 2. The number of nitrogens with zero attached hydrogens (tertiary/aromatic N) is 2. The Labute approximate surface area is 244 Å². The van der Waals surface area contributed by atoms with Crippen molar-refractivity contribution in [3.63, 3.8) is 0 Å². The Bertz CT molecular complexity index is 1500. The molecule has 220 valence electrons. The summed E-state index contributed by atoms with van der Waals surface area (Å²) in [6, 6.07) is 9.55. The molecule has 1 heterocycles. The van der Waals surface area contributed by atoms with Crippen LogP contribution in [0.15, 0.2) is 54.9 Å². The first-order valence-corrected chi connectivity index (χ1v) is 14.2. The molecule has 0 aliphatic rings. The molecule has 0 saturated carbocycles. The van der Waals surface area contributed by atoms with Crippen LogP contribution in [0.5, 0.6) is 11.5 Å². The maximum Gasteiger partial charge on any atom is 0.387 e. The Balaban J connectivity index is 2.01. The Morgan fingerprint density at radius 1 is 1.02 bits per heavy atom. The van der Waals surface area contributed by atoms with E-state index >= 15 is 0 Å². The van der Waals surface area contributed by atoms with Crippen molar-refractivity contribution in [3.8, 4) is 11.5 Å². The number of benzene rings is 2. The molecule has 1 aromatic heterocycles. The number of methoxy groups -OCH3 is 2. The molecule has 3 rings (SSSR count). The van der Waals surface area contributed by atoms with Crippen LogP contribution >= 0.6 is 23.2 Å². The third-order valence-electron chi connectivity index (χ3n) is 5.64. The van der Waals surface area contributed by atoms with Crippen molar-refractivity contribution in [2.75, 3.05) is 31.3 Å². The number of esters is 2. The topological polar surface area (TPSA) is 121 Å². The molecule has 1 atom stereocenters. The second-order valence-electron chi connectivity index (χ2n) is 8.33. The minimum absolute atomic E-state index is 0.0828. The van der Waals surface area contributed by atoms with Crippen molar-refractivity contribution in [2.24, 2.45) is 0 Å². The Morgan fingerprint density at radius 3 is 2.27 bits per heavy atom. The van der Waals surface area contributed by atoms with Gasteiger partial charge in [-0.05, 0) is 35.4 Å². The number of hydrogen-bond acceptors (Lipinski definition) is 9. The molecule has 0 spiro atoms. The van der Waals surface area contributed by atoms with Crippen LogP contribution in [0.4, 0.5) is 14.5 Å². The van der Waals surface area contributed by atoms with Gasteiger partial charge in [0.25, 0.3) is 0 Å². The summed E-state index contributed by atoms with van der Waals surface area (Å²) in [4.78, 5) is 29.4. The number of pyridine rings is 1. The van der Waals surface area contributed by atoms with Gasteiger partial charge in [-0.3, -0.25) is 14.1 Å². The number of aromatic nitrogens is 1. The normalized spacial score (nSPS) is 12.0. The van der Waals surface area contributed by atoms with Crippen LogP contribution < -0.4 is 13.8 Å². The number of sulfonamides is 1. The van der Waals surface area contributed by atoms with Gasteiger partial charge in [0, 0.05) is 18.8 Å². The van der Waals surface area contributed by atoms with Crippen LogP contribution in [0.2, 0.25) is 10.0 Å². The maximum atomic E-state index is 13.3. The molecule has 0 fully saturated rings. The molecular formula is C26H24Cl2F2N2O8S. The lowest BCUT2D eigenvalue weighted by molar-refractivity contribution is -0.147. The third kappa shape index (κ3) is 8.18. The van der Waals surface area contributed by atoms with Crippen molar-refractivity contribution in [3.05, 3.63) is 81.6 Å². The number of rotatable bonds is 12. The quantitative estimate of drug-likeness (QED) is 0.252. The number of hydrogen-bond donors (Lipinski definition) is 0. The summed E-state index contributed by atoms with van der Waals surface area (Å²) in [7, 11) is -1.75. The summed E-state index contributed by atoms with van der Waals surface area (Å²) in [5.41, 5.74) is 0.413. The smallest absolute Gasteiger partial charge is 0.387 e. The molecule has 2 aromatic carbocycles. The molecule has 41 heavy (non-hydrogen) atoms. The van der Waals surface area contributed by atoms with E-state index in [2.05, 4.69) is 9.72 Å². The van der Waals surface area contributed by atoms with Gasteiger partial charge in [-0.15, -0.1) is 0 Å². The van der Waals surface area contributed by atoms with Crippen LogP contribution in [0, 0.1) is 0 Å². The van der Waals surface area contributed by atoms with Crippen molar-refractivity contribution < 1.29 is 45.7 Å². The second-order valence-corrected chi connectivity index (χ2v) is 11.1. The average Bonchev–Trinajstić information content (AvgIpc) is 2.92. The second kappa shape index (κ2) is 13.8. The minimum atomic E-state index is -4.11. The van der Waals surface area contributed by atoms with E-state index in [1.165, 1.54) is 62.0 Å². The number of anilines is 1. The molecule has 0 unspecified atom stereocenters. The third-order valence-corrected chi connectivity index (χ3v) is 7.42. The Hall–Kier alpha value is -3.68. The molecule has 0 N–H and O–H groups in total. The highest BCUT2D eigenvalue weighted by Gasteiger charge is 2.29. The van der Waals surface area contributed by atoms with Crippen molar-refractivity contribution in [1.29, 1.82) is 0 Å². The van der Waals surface area contributed by atoms with Crippen molar-refractivity contribution in [1.82, 2.24) is 4.98 Å². The summed E-state index contributed by atoms with van der Waals surface area (Å²) in [6.07, 6.45) is 2.25. The van der Waals surface area contributed by atoms with E-state index in [-0.39, 0.29) is 44.8 Å². The monoisotopic (exact) mass is 632 g/mol. The number of para-hydroxylation sites is 1. The first-order valence-electron chi connectivity index (χ1n) is 11.6. The number of carbonyl (C=O) groups is 2. The lowest BCUT2D eigenvalue weighted by atomic mass is 10.0. The van der Waals surface area contributed by atoms with E-state index in [0.29, 0.717) is 9.87 Å². The summed E-state index contributed by atoms with van der Waals surface area (Å²) in [6.45, 7) is -3.95. The highest BCUT2D eigenvalue weighted by molar-refractivity contribution is 7.92. The van der Waals surface area contributed by atoms with Gasteiger partial charge in [0.05, 0.1) is 41.8 Å². The molecule has 10 nitrogen and oxygen atoms in total. The highest BCUT2D eigenvalue weighted by atomic mass is 35.5. The van der Waals surface area contributed by atoms with E-state index in [4.69, 9.17) is 37.4 Å². The zero-order valence-electron chi connectivity index (χ0n) is 21.8. The predicted octanol–water partition coefficient (Wildman–Crippen LogP) is 5.08. The van der Waals surface area contributed by atoms with Crippen LogP contribution in [-0.4, -0.2) is 59.0 Å². The zero-order chi connectivity index (χ0) is 30.3. The average molecular weight is 633 g/mol. The van der Waals surface area contributed by atoms with E-state index < -0.39 is 41.2 Å². The molecule has 0 aliphatic carbocycles. The molecule has 0 amide bonds. The zero-order valence-corrected chi connectivity index (χ0v) is 24.2. The summed E-state index contributed by atoms with van der Waals surface area (Å²) >= 11 is 12.6. The lowest BCUT2D eigenvalue weighted by Gasteiger charge is -2.25. The van der Waals surface area contributed by atoms with Gasteiger partial charge in [-0.25, -0.2) is 13.2 Å². The molecule has 0 radical (unpaired) electrons. The molecule has 3 aromatic rings. The van der Waals surface area contributed by atoms with Crippen LogP contribution in [-0.2, 0) is 30.7 Å². The van der Waals surface area contributed by atoms with Gasteiger partial charge in [0.15, 0.2) is 11.5 Å². The van der Waals surface area contributed by atoms with Gasteiger partial charge in [-0.2, -0.15) is 8.78 Å². The van der Waals surface area contributed by atoms with Gasteiger partial charge in [0.1, 0.15) is 12.6 Å². The predicted molar refractivity (Wildman–Crippen MR) is 146 cm³/mol. The van der Waals surface area contributed by atoms with E-state index in [9.17, 15) is 26.8 Å². The number of halogens is 4. The highest BCUT2D eigenvalue weighted by Crippen LogP contribution is 2.36. The largest absolute Gasteiger partial charge is 0.493 e. The SMILES string of the molecule is COC(=O)c1ccccc1N(CC(=O)O[C@@H](Cc1c(Cl)cncc1Cl)c1ccc(OC(F)F)c(OC)c1)S(C)(=O)=O. The van der Waals surface area contributed by atoms with E-state index in [1.54, 1.807) is 0 Å². The molecular weight excluding hydrogens is 609 g/mol. The van der Waals surface area contributed by atoms with Gasteiger partial charge in [0.2, 0.25) is 10.0 Å². The fourth-order valence-corrected chi connectivity index (χ4v) is 5.17. The van der Waals surface area contributed by atoms with Gasteiger partial charge >= 0.3 is 18.6 Å². The van der Waals surface area contributed by atoms with Crippen LogP contribution in [0.3, 0.4) is 0 Å². The van der Waals surface area contributed by atoms with E-state index in [1.807, 2.05) is 0 Å². The lowest BCUT2D eigenvalue weighted by Crippen LogP contribution is -2.37. The van der Waals surface area contributed by atoms with Crippen molar-refractivity contribution >= 4 is 50.9 Å². The first kappa shape index (κ1) is 31.8. The molecule has 0 saturated heterocycles. The fourth-order valence-electron chi connectivity index (χ4n) is 3.79. The summed E-state index contributed by atoms with van der Waals surface area (Å²) in [5.74, 6) is -2.19. The van der Waals surface area contributed by atoms with E-state index in [0.717, 1.165) is 13.4 Å². The molecule has 15 heteroatoms. The maximum absolute atomic E-state index is 13.3. The molecule has 0 aliphatic heterocycles. The standard InChI is InChI=1S/C26H24Cl2F2N2O8S/c1-37-23-10-15(8-9-21(23)40-26(29)30)22(11-17-18(27)12-31-13-19(17)28)39-24(33)14-32(41(3,35)36)20-7-5-4-6-16(20)25(34)38-2/h4-10,12-13,22,26H,11,14H2,1-3H3/t22-/m0/s1. The van der Waals surface area contributed by atoms with Gasteiger partial charge in [-0.1, -0.05) is 41.4 Å². The van der Waals surface area contributed by atoms with Crippen LogP contribution in [0.25, 0.3) is 0 Å². The van der Waals surface area contributed by atoms with Crippen molar-refractivity contribution in [2.45, 2.75) is 19.1 Å². The Morgan fingerprint density at radius 2 is 1.68 bits per heavy atom. The number of carbonyl (C=O) groups excluding carboxylic acids is 2. The summed E-state index contributed by atoms with van der Waals surface area (Å²) in [5, 5.41) is 0.320. The van der Waals surface area contributed by atoms with Gasteiger partial charge < -0.3 is 18.9 Å². The Kier molecular flexibility index (Phi) is 10.7. The number of ether oxygens (including phenoxy) is 4. The first-order chi connectivity index (χ1) is 19.3. The minimum Gasteiger partial charge on any atom is -0.493 e. The summed E-state index contributed by atoms with van der Waals surface area (Å²) < 4.78 is 71.8. The van der Waals surface area contributed by atoms with Crippen LogP contribution in [0.1, 0.15) is 27.6 Å². The molecule has 0 bridgehead atoms. The fraction of sp³-hybridized carbons (Fsp3) is 0.269.